The van der Waals surface area contributed by atoms with Crippen molar-refractivity contribution in [2.24, 2.45) is 0 Å². The summed E-state index contributed by atoms with van der Waals surface area (Å²) in [6.45, 7) is 0.706. The van der Waals surface area contributed by atoms with E-state index >= 15 is 0 Å². The van der Waals surface area contributed by atoms with E-state index in [9.17, 15) is 8.42 Å². The van der Waals surface area contributed by atoms with E-state index in [1.165, 1.54) is 0 Å². The van der Waals surface area contributed by atoms with Crippen molar-refractivity contribution in [3.8, 4) is 0 Å². The molecule has 1 rings (SSSR count). The van der Waals surface area contributed by atoms with Crippen LogP contribution in [-0.2, 0) is 16.6 Å². The lowest BCUT2D eigenvalue weighted by molar-refractivity contribution is 0.579. The number of hydrogen-bond acceptors (Lipinski definition) is 3. The Kier molecular flexibility index (Phi) is 5.21. The molecule has 16 heavy (non-hydrogen) atoms. The molecule has 0 aromatic heterocycles. The van der Waals surface area contributed by atoms with Crippen molar-refractivity contribution in [3.63, 3.8) is 0 Å². The van der Waals surface area contributed by atoms with Crippen LogP contribution in [0.5, 0.6) is 0 Å². The average molecular weight is 263 g/mol. The Hall–Kier alpha value is -0.620. The van der Waals surface area contributed by atoms with Crippen LogP contribution in [-0.4, -0.2) is 27.8 Å². The largest absolute Gasteiger partial charge is 0.319 e. The minimum Gasteiger partial charge on any atom is -0.319 e. The van der Waals surface area contributed by atoms with Gasteiger partial charge in [-0.1, -0.05) is 23.7 Å². The molecule has 0 atom stereocenters. The smallest absolute Gasteiger partial charge is 0.213 e. The Labute approximate surface area is 101 Å². The molecule has 0 amide bonds. The highest BCUT2D eigenvalue weighted by molar-refractivity contribution is 7.89. The lowest BCUT2D eigenvalue weighted by Crippen LogP contribution is -2.30. The summed E-state index contributed by atoms with van der Waals surface area (Å²) < 4.78 is 25.4. The second kappa shape index (κ2) is 6.20. The van der Waals surface area contributed by atoms with Crippen molar-refractivity contribution in [2.45, 2.75) is 6.54 Å². The van der Waals surface area contributed by atoms with Gasteiger partial charge in [0.15, 0.2) is 0 Å². The topological polar surface area (TPSA) is 58.2 Å². The van der Waals surface area contributed by atoms with Gasteiger partial charge in [0.25, 0.3) is 0 Å². The maximum atomic E-state index is 11.5. The number of nitrogens with one attached hydrogen (secondary N) is 2. The molecule has 2 N–H and O–H groups in total. The molecule has 0 fully saturated rings. The molecular formula is C10H15ClN2O2S. The maximum absolute atomic E-state index is 11.5. The zero-order valence-electron chi connectivity index (χ0n) is 9.03. The molecule has 0 heterocycles. The van der Waals surface area contributed by atoms with E-state index in [2.05, 4.69) is 10.0 Å². The molecule has 6 heteroatoms. The normalized spacial score (nSPS) is 11.6. The molecule has 90 valence electrons. The first-order valence-electron chi connectivity index (χ1n) is 4.90. The summed E-state index contributed by atoms with van der Waals surface area (Å²) in [4.78, 5) is 0. The van der Waals surface area contributed by atoms with Crippen LogP contribution in [0.3, 0.4) is 0 Å². The molecule has 0 bridgehead atoms. The maximum Gasteiger partial charge on any atom is 0.213 e. The van der Waals surface area contributed by atoms with E-state index in [0.29, 0.717) is 11.6 Å². The van der Waals surface area contributed by atoms with Crippen LogP contribution in [0, 0.1) is 0 Å². The molecule has 0 saturated carbocycles. The molecule has 1 aromatic rings. The van der Waals surface area contributed by atoms with Gasteiger partial charge in [-0.3, -0.25) is 0 Å². The van der Waals surface area contributed by atoms with Crippen molar-refractivity contribution < 1.29 is 8.42 Å². The number of rotatable bonds is 6. The van der Waals surface area contributed by atoms with E-state index in [1.807, 2.05) is 6.07 Å². The summed E-state index contributed by atoms with van der Waals surface area (Å²) in [5, 5.41) is 3.39. The Balaban J connectivity index is 2.51. The molecule has 1 aromatic carbocycles. The summed E-state index contributed by atoms with van der Waals surface area (Å²) in [5.74, 6) is 0.0735. The van der Waals surface area contributed by atoms with E-state index in [0.717, 1.165) is 5.56 Å². The van der Waals surface area contributed by atoms with Crippen LogP contribution in [0.1, 0.15) is 5.56 Å². The van der Waals surface area contributed by atoms with E-state index in [4.69, 9.17) is 11.6 Å². The zero-order chi connectivity index (χ0) is 12.0. The van der Waals surface area contributed by atoms with Gasteiger partial charge in [-0.05, 0) is 24.7 Å². The predicted octanol–water partition coefficient (Wildman–Crippen LogP) is 0.979. The van der Waals surface area contributed by atoms with Crippen molar-refractivity contribution in [1.82, 2.24) is 10.0 Å². The number of hydrogen-bond donors (Lipinski definition) is 2. The second-order valence-electron chi connectivity index (χ2n) is 3.37. The molecule has 0 spiro atoms. The first-order chi connectivity index (χ1) is 7.53. The Morgan fingerprint density at radius 3 is 2.75 bits per heavy atom. The third-order valence-electron chi connectivity index (χ3n) is 2.01. The second-order valence-corrected chi connectivity index (χ2v) is 5.74. The van der Waals surface area contributed by atoms with Crippen molar-refractivity contribution >= 4 is 21.6 Å². The average Bonchev–Trinajstić information content (AvgIpc) is 2.24. The lowest BCUT2D eigenvalue weighted by atomic mass is 10.2. The van der Waals surface area contributed by atoms with Gasteiger partial charge in [0.2, 0.25) is 10.0 Å². The highest BCUT2D eigenvalue weighted by atomic mass is 35.5. The fraction of sp³-hybridized carbons (Fsp3) is 0.400. The molecule has 0 aliphatic heterocycles. The number of benzene rings is 1. The molecule has 0 saturated heterocycles. The fourth-order valence-electron chi connectivity index (χ4n) is 1.15. The number of halogens is 1. The minimum atomic E-state index is -3.21. The molecule has 0 radical (unpaired) electrons. The van der Waals surface area contributed by atoms with Gasteiger partial charge in [-0.25, -0.2) is 13.1 Å². The van der Waals surface area contributed by atoms with Gasteiger partial charge < -0.3 is 5.32 Å². The van der Waals surface area contributed by atoms with Crippen molar-refractivity contribution in [1.29, 1.82) is 0 Å². The van der Waals surface area contributed by atoms with Gasteiger partial charge in [0.05, 0.1) is 5.75 Å². The van der Waals surface area contributed by atoms with E-state index < -0.39 is 10.0 Å². The summed E-state index contributed by atoms with van der Waals surface area (Å²) in [7, 11) is -1.50. The number of sulfonamides is 1. The van der Waals surface area contributed by atoms with Crippen LogP contribution >= 0.6 is 11.6 Å². The molecule has 0 aliphatic carbocycles. The van der Waals surface area contributed by atoms with Crippen LogP contribution in [0.15, 0.2) is 24.3 Å². The zero-order valence-corrected chi connectivity index (χ0v) is 10.6. The summed E-state index contributed by atoms with van der Waals surface area (Å²) >= 11 is 5.79. The van der Waals surface area contributed by atoms with Gasteiger partial charge in [0.1, 0.15) is 0 Å². The Morgan fingerprint density at radius 2 is 2.12 bits per heavy atom. The third-order valence-corrected chi connectivity index (χ3v) is 3.57. The van der Waals surface area contributed by atoms with E-state index in [1.54, 1.807) is 25.2 Å². The monoisotopic (exact) mass is 262 g/mol. The third kappa shape index (κ3) is 4.94. The Morgan fingerprint density at radius 1 is 1.38 bits per heavy atom. The van der Waals surface area contributed by atoms with Gasteiger partial charge in [0, 0.05) is 18.1 Å². The summed E-state index contributed by atoms with van der Waals surface area (Å²) in [6.07, 6.45) is 0. The quantitative estimate of drug-likeness (QED) is 0.804. The van der Waals surface area contributed by atoms with Gasteiger partial charge >= 0.3 is 0 Å². The van der Waals surface area contributed by atoms with Crippen molar-refractivity contribution in [2.75, 3.05) is 19.3 Å². The first kappa shape index (κ1) is 13.4. The standard InChI is InChI=1S/C10H15ClN2O2S/c1-12-5-6-16(14,15)13-8-9-3-2-4-10(11)7-9/h2-4,7,12-13H,5-6,8H2,1H3. The fourth-order valence-corrected chi connectivity index (χ4v) is 2.37. The van der Waals surface area contributed by atoms with Gasteiger partial charge in [-0.2, -0.15) is 0 Å². The van der Waals surface area contributed by atoms with Gasteiger partial charge in [-0.15, -0.1) is 0 Å². The lowest BCUT2D eigenvalue weighted by Gasteiger charge is -2.06. The van der Waals surface area contributed by atoms with Crippen molar-refractivity contribution in [3.05, 3.63) is 34.9 Å². The minimum absolute atomic E-state index is 0.0735. The molecule has 4 nitrogen and oxygen atoms in total. The molecule has 0 unspecified atom stereocenters. The van der Waals surface area contributed by atoms with E-state index in [-0.39, 0.29) is 12.3 Å². The Bertz CT molecular complexity index is 434. The summed E-state index contributed by atoms with van der Waals surface area (Å²) in [5.41, 5.74) is 0.848. The molecular weight excluding hydrogens is 248 g/mol. The highest BCUT2D eigenvalue weighted by Crippen LogP contribution is 2.10. The SMILES string of the molecule is CNCCS(=O)(=O)NCc1cccc(Cl)c1. The van der Waals surface area contributed by atoms with Crippen LogP contribution < -0.4 is 10.0 Å². The van der Waals surface area contributed by atoms with Crippen LogP contribution in [0.25, 0.3) is 0 Å². The van der Waals surface area contributed by atoms with Crippen LogP contribution in [0.4, 0.5) is 0 Å². The van der Waals surface area contributed by atoms with Crippen LogP contribution in [0.2, 0.25) is 5.02 Å². The first-order valence-corrected chi connectivity index (χ1v) is 6.93. The predicted molar refractivity (Wildman–Crippen MR) is 66.0 cm³/mol. The highest BCUT2D eigenvalue weighted by Gasteiger charge is 2.08. The molecule has 0 aliphatic rings. The summed E-state index contributed by atoms with van der Waals surface area (Å²) in [6, 6.07) is 7.11.